The minimum absolute atomic E-state index is 0.0357. The molecule has 0 unspecified atom stereocenters. The number of hydrogen-bond donors (Lipinski definition) is 1. The largest absolute Gasteiger partial charge is 0.434 e. The maximum absolute atomic E-state index is 12.6. The Morgan fingerprint density at radius 3 is 2.31 bits per heavy atom. The zero-order chi connectivity index (χ0) is 12.3. The average molecular weight is 248 g/mol. The van der Waals surface area contributed by atoms with Gasteiger partial charge in [-0.05, 0) is 31.0 Å². The lowest BCUT2D eigenvalue weighted by molar-refractivity contribution is -0.0578. The fourth-order valence-corrected chi connectivity index (χ4v) is 1.52. The van der Waals surface area contributed by atoms with Gasteiger partial charge in [-0.25, -0.2) is 0 Å². The number of halogens is 3. The van der Waals surface area contributed by atoms with Gasteiger partial charge in [-0.2, -0.15) is 17.6 Å². The molecule has 88 valence electrons. The SMILES string of the molecule is Cc1ccc(/C(=N/SN)C(F)(F)F)cc1C. The van der Waals surface area contributed by atoms with Crippen molar-refractivity contribution >= 4 is 17.8 Å². The maximum atomic E-state index is 12.6. The van der Waals surface area contributed by atoms with Gasteiger partial charge in [0.1, 0.15) is 0 Å². The van der Waals surface area contributed by atoms with Crippen molar-refractivity contribution in [3.05, 3.63) is 34.9 Å². The first kappa shape index (κ1) is 13.1. The predicted octanol–water partition coefficient (Wildman–Crippen LogP) is 3.18. The van der Waals surface area contributed by atoms with Gasteiger partial charge in [0.05, 0.1) is 12.1 Å². The summed E-state index contributed by atoms with van der Waals surface area (Å²) in [4.78, 5) is 0. The van der Waals surface area contributed by atoms with Gasteiger partial charge in [-0.3, -0.25) is 5.14 Å². The van der Waals surface area contributed by atoms with Crippen LogP contribution in [0.4, 0.5) is 13.2 Å². The molecule has 0 heterocycles. The second kappa shape index (κ2) is 4.88. The van der Waals surface area contributed by atoms with Gasteiger partial charge in [0.25, 0.3) is 0 Å². The highest BCUT2D eigenvalue weighted by Crippen LogP contribution is 2.25. The number of benzene rings is 1. The quantitative estimate of drug-likeness (QED) is 0.645. The first-order valence-electron chi connectivity index (χ1n) is 4.45. The van der Waals surface area contributed by atoms with Gasteiger partial charge in [-0.1, -0.05) is 12.1 Å². The Kier molecular flexibility index (Phi) is 3.98. The molecule has 16 heavy (non-hydrogen) atoms. The molecule has 1 rings (SSSR count). The van der Waals surface area contributed by atoms with Crippen LogP contribution in [0.1, 0.15) is 16.7 Å². The van der Waals surface area contributed by atoms with E-state index in [9.17, 15) is 13.2 Å². The van der Waals surface area contributed by atoms with E-state index in [-0.39, 0.29) is 5.56 Å². The molecule has 0 saturated heterocycles. The van der Waals surface area contributed by atoms with Gasteiger partial charge >= 0.3 is 6.18 Å². The first-order valence-corrected chi connectivity index (χ1v) is 5.28. The molecule has 0 amide bonds. The standard InChI is InChI=1S/C10H11F3N2S/c1-6-3-4-8(5-7(6)2)9(15-16-14)10(11,12)13/h3-5H,14H2,1-2H3/b15-9-. The molecule has 0 aliphatic rings. The topological polar surface area (TPSA) is 38.4 Å². The van der Waals surface area contributed by atoms with Gasteiger partial charge in [0.2, 0.25) is 0 Å². The van der Waals surface area contributed by atoms with Crippen LogP contribution < -0.4 is 5.14 Å². The second-order valence-corrected chi connectivity index (χ2v) is 3.74. The number of alkyl halides is 3. The Bertz CT molecular complexity index is 413. The zero-order valence-corrected chi connectivity index (χ0v) is 9.62. The molecule has 0 spiro atoms. The van der Waals surface area contributed by atoms with Gasteiger partial charge in [0.15, 0.2) is 5.71 Å². The summed E-state index contributed by atoms with van der Waals surface area (Å²) in [5.74, 6) is 0. The third-order valence-corrected chi connectivity index (χ3v) is 2.48. The molecule has 0 radical (unpaired) electrons. The van der Waals surface area contributed by atoms with E-state index in [1.807, 2.05) is 6.92 Å². The summed E-state index contributed by atoms with van der Waals surface area (Å²) >= 11 is 0.309. The van der Waals surface area contributed by atoms with Crippen LogP contribution >= 0.6 is 12.1 Å². The summed E-state index contributed by atoms with van der Waals surface area (Å²) in [6.07, 6.45) is -4.49. The van der Waals surface area contributed by atoms with Crippen LogP contribution in [0.25, 0.3) is 0 Å². The molecule has 0 bridgehead atoms. The molecule has 1 aromatic carbocycles. The zero-order valence-electron chi connectivity index (χ0n) is 8.80. The molecule has 0 atom stereocenters. The Labute approximate surface area is 96.0 Å². The lowest BCUT2D eigenvalue weighted by Gasteiger charge is -2.11. The minimum atomic E-state index is -4.49. The van der Waals surface area contributed by atoms with Gasteiger partial charge < -0.3 is 0 Å². The van der Waals surface area contributed by atoms with Crippen LogP contribution in [0.5, 0.6) is 0 Å². The van der Waals surface area contributed by atoms with Crippen LogP contribution in [-0.2, 0) is 0 Å². The van der Waals surface area contributed by atoms with Crippen molar-refractivity contribution in [3.8, 4) is 0 Å². The molecule has 0 aliphatic heterocycles. The fourth-order valence-electron chi connectivity index (χ4n) is 1.21. The van der Waals surface area contributed by atoms with Crippen LogP contribution in [-0.4, -0.2) is 11.9 Å². The normalized spacial score (nSPS) is 13.0. The molecule has 2 nitrogen and oxygen atoms in total. The van der Waals surface area contributed by atoms with Crippen molar-refractivity contribution in [3.63, 3.8) is 0 Å². The van der Waals surface area contributed by atoms with E-state index in [1.165, 1.54) is 12.1 Å². The predicted molar refractivity (Wildman–Crippen MR) is 60.3 cm³/mol. The van der Waals surface area contributed by atoms with E-state index < -0.39 is 11.9 Å². The average Bonchev–Trinajstić information content (AvgIpc) is 2.17. The number of nitrogens with zero attached hydrogens (tertiary/aromatic N) is 1. The minimum Gasteiger partial charge on any atom is -0.258 e. The molecule has 6 heteroatoms. The third kappa shape index (κ3) is 2.99. The van der Waals surface area contributed by atoms with Crippen LogP contribution in [0.3, 0.4) is 0 Å². The lowest BCUT2D eigenvalue weighted by atomic mass is 10.0. The summed E-state index contributed by atoms with van der Waals surface area (Å²) in [6.45, 7) is 3.59. The highest BCUT2D eigenvalue weighted by molar-refractivity contribution is 7.95. The van der Waals surface area contributed by atoms with Crippen molar-refractivity contribution in [2.75, 3.05) is 0 Å². The van der Waals surface area contributed by atoms with Crippen LogP contribution in [0, 0.1) is 13.8 Å². The Hall–Kier alpha value is -1.01. The highest BCUT2D eigenvalue weighted by atomic mass is 32.2. The molecule has 2 N–H and O–H groups in total. The monoisotopic (exact) mass is 248 g/mol. The van der Waals surface area contributed by atoms with Crippen molar-refractivity contribution in [1.29, 1.82) is 0 Å². The Morgan fingerprint density at radius 2 is 1.88 bits per heavy atom. The summed E-state index contributed by atoms with van der Waals surface area (Å²) in [5.41, 5.74) is 0.804. The van der Waals surface area contributed by atoms with E-state index in [0.717, 1.165) is 11.1 Å². The highest BCUT2D eigenvalue weighted by Gasteiger charge is 2.37. The Balaban J connectivity index is 3.23. The summed E-state index contributed by atoms with van der Waals surface area (Å²) < 4.78 is 41.1. The molecule has 0 fully saturated rings. The lowest BCUT2D eigenvalue weighted by Crippen LogP contribution is -2.24. The molecular formula is C10H11F3N2S. The van der Waals surface area contributed by atoms with Crippen molar-refractivity contribution in [1.82, 2.24) is 0 Å². The molecule has 0 aromatic heterocycles. The van der Waals surface area contributed by atoms with E-state index >= 15 is 0 Å². The van der Waals surface area contributed by atoms with E-state index in [1.54, 1.807) is 13.0 Å². The molecule has 0 saturated carbocycles. The summed E-state index contributed by atoms with van der Waals surface area (Å²) in [6, 6.07) is 4.48. The molecule has 1 aromatic rings. The third-order valence-electron chi connectivity index (χ3n) is 2.19. The first-order chi connectivity index (χ1) is 7.36. The second-order valence-electron chi connectivity index (χ2n) is 3.34. The van der Waals surface area contributed by atoms with Crippen molar-refractivity contribution in [2.24, 2.45) is 9.54 Å². The smallest absolute Gasteiger partial charge is 0.258 e. The molecular weight excluding hydrogens is 237 g/mol. The fraction of sp³-hybridized carbons (Fsp3) is 0.300. The van der Waals surface area contributed by atoms with E-state index in [4.69, 9.17) is 5.14 Å². The van der Waals surface area contributed by atoms with E-state index in [0.29, 0.717) is 12.1 Å². The van der Waals surface area contributed by atoms with Crippen LogP contribution in [0.2, 0.25) is 0 Å². The number of rotatable bonds is 2. The number of hydrogen-bond acceptors (Lipinski definition) is 3. The maximum Gasteiger partial charge on any atom is 0.434 e. The molecule has 0 aliphatic carbocycles. The van der Waals surface area contributed by atoms with Gasteiger partial charge in [-0.15, -0.1) is 0 Å². The van der Waals surface area contributed by atoms with Crippen molar-refractivity contribution in [2.45, 2.75) is 20.0 Å². The number of nitrogens with two attached hydrogens (primary N) is 1. The number of aryl methyl sites for hydroxylation is 2. The Morgan fingerprint density at radius 1 is 1.25 bits per heavy atom. The summed E-state index contributed by atoms with van der Waals surface area (Å²) in [5, 5.41) is 4.96. The summed E-state index contributed by atoms with van der Waals surface area (Å²) in [7, 11) is 0. The van der Waals surface area contributed by atoms with E-state index in [2.05, 4.69) is 4.40 Å². The van der Waals surface area contributed by atoms with Crippen molar-refractivity contribution < 1.29 is 13.2 Å². The van der Waals surface area contributed by atoms with Gasteiger partial charge in [0, 0.05) is 5.56 Å². The van der Waals surface area contributed by atoms with Crippen LogP contribution in [0.15, 0.2) is 22.6 Å².